The summed E-state index contributed by atoms with van der Waals surface area (Å²) in [5.41, 5.74) is 1.11. The van der Waals surface area contributed by atoms with Crippen LogP contribution in [-0.2, 0) is 20.8 Å². The molecule has 27 heavy (non-hydrogen) atoms. The Hall–Kier alpha value is -1.63. The summed E-state index contributed by atoms with van der Waals surface area (Å²) in [4.78, 5) is 17.4. The summed E-state index contributed by atoms with van der Waals surface area (Å²) in [6, 6.07) is 8.00. The van der Waals surface area contributed by atoms with Crippen molar-refractivity contribution >= 4 is 5.91 Å². The lowest BCUT2D eigenvalue weighted by Crippen LogP contribution is -2.44. The van der Waals surface area contributed by atoms with E-state index in [-0.39, 0.29) is 11.8 Å². The molecule has 6 heteroatoms. The van der Waals surface area contributed by atoms with Crippen LogP contribution in [-0.4, -0.2) is 75.9 Å². The van der Waals surface area contributed by atoms with Crippen LogP contribution in [0.25, 0.3) is 0 Å². The van der Waals surface area contributed by atoms with E-state index in [1.807, 2.05) is 36.1 Å². The van der Waals surface area contributed by atoms with Crippen LogP contribution >= 0.6 is 0 Å². The van der Waals surface area contributed by atoms with E-state index in [1.165, 1.54) is 0 Å². The minimum Gasteiger partial charge on any atom is -0.494 e. The van der Waals surface area contributed by atoms with Gasteiger partial charge in [-0.2, -0.15) is 0 Å². The Morgan fingerprint density at radius 3 is 2.37 bits per heavy atom. The molecule has 1 fully saturated rings. The van der Waals surface area contributed by atoms with Crippen LogP contribution in [0.2, 0.25) is 0 Å². The van der Waals surface area contributed by atoms with Crippen LogP contribution in [0.1, 0.15) is 25.3 Å². The first-order chi connectivity index (χ1) is 13.2. The van der Waals surface area contributed by atoms with Crippen molar-refractivity contribution in [3.05, 3.63) is 29.8 Å². The molecular formula is C21H34N2O4. The van der Waals surface area contributed by atoms with Crippen molar-refractivity contribution in [3.63, 3.8) is 0 Å². The third kappa shape index (κ3) is 7.13. The van der Waals surface area contributed by atoms with Crippen molar-refractivity contribution in [1.82, 2.24) is 9.80 Å². The van der Waals surface area contributed by atoms with Crippen LogP contribution in [0.3, 0.4) is 0 Å². The van der Waals surface area contributed by atoms with Gasteiger partial charge in [-0.25, -0.2) is 0 Å². The second-order valence-corrected chi connectivity index (χ2v) is 6.94. The normalized spacial score (nSPS) is 15.7. The number of ether oxygens (including phenoxy) is 3. The smallest absolute Gasteiger partial charge is 0.226 e. The highest BCUT2D eigenvalue weighted by Crippen LogP contribution is 2.21. The third-order valence-electron chi connectivity index (χ3n) is 5.03. The standard InChI is InChI=1S/C21H34N2O4/c1-4-27-20-7-5-18(6-8-20)17-23(14-16-26-3)21(24)19-9-11-22(12-10-19)13-15-25-2/h5-8,19H,4,9-17H2,1-3H3. The lowest BCUT2D eigenvalue weighted by atomic mass is 9.95. The van der Waals surface area contributed by atoms with Gasteiger partial charge in [-0.15, -0.1) is 0 Å². The lowest BCUT2D eigenvalue weighted by Gasteiger charge is -2.34. The number of methoxy groups -OCH3 is 2. The van der Waals surface area contributed by atoms with Gasteiger partial charge in [0.25, 0.3) is 0 Å². The zero-order chi connectivity index (χ0) is 19.5. The van der Waals surface area contributed by atoms with Gasteiger partial charge in [0.1, 0.15) is 5.75 Å². The summed E-state index contributed by atoms with van der Waals surface area (Å²) < 4.78 is 15.9. The molecule has 0 atom stereocenters. The first-order valence-electron chi connectivity index (χ1n) is 9.88. The molecule has 0 saturated carbocycles. The summed E-state index contributed by atoms with van der Waals surface area (Å²) in [5.74, 6) is 1.20. The van der Waals surface area contributed by atoms with Gasteiger partial charge in [0.2, 0.25) is 5.91 Å². The highest BCUT2D eigenvalue weighted by molar-refractivity contribution is 5.79. The van der Waals surface area contributed by atoms with Crippen LogP contribution in [0.15, 0.2) is 24.3 Å². The van der Waals surface area contributed by atoms with Crippen LogP contribution in [0.4, 0.5) is 0 Å². The summed E-state index contributed by atoms with van der Waals surface area (Å²) in [6.45, 7) is 8.01. The zero-order valence-electron chi connectivity index (χ0n) is 17.0. The van der Waals surface area contributed by atoms with Crippen molar-refractivity contribution in [3.8, 4) is 5.75 Å². The van der Waals surface area contributed by atoms with Crippen LogP contribution < -0.4 is 4.74 Å². The van der Waals surface area contributed by atoms with E-state index in [4.69, 9.17) is 14.2 Å². The van der Waals surface area contributed by atoms with E-state index in [1.54, 1.807) is 14.2 Å². The molecule has 2 rings (SSSR count). The van der Waals surface area contributed by atoms with Gasteiger partial charge in [-0.1, -0.05) is 12.1 Å². The Labute approximate surface area is 163 Å². The summed E-state index contributed by atoms with van der Waals surface area (Å²) in [6.07, 6.45) is 1.82. The molecule has 6 nitrogen and oxygen atoms in total. The fourth-order valence-electron chi connectivity index (χ4n) is 3.43. The van der Waals surface area contributed by atoms with E-state index in [0.717, 1.165) is 50.4 Å². The fraction of sp³-hybridized carbons (Fsp3) is 0.667. The van der Waals surface area contributed by atoms with Crippen molar-refractivity contribution in [1.29, 1.82) is 0 Å². The number of benzene rings is 1. The van der Waals surface area contributed by atoms with E-state index in [9.17, 15) is 4.79 Å². The van der Waals surface area contributed by atoms with Crippen molar-refractivity contribution < 1.29 is 19.0 Å². The van der Waals surface area contributed by atoms with Gasteiger partial charge in [-0.05, 0) is 50.6 Å². The molecule has 1 aliphatic heterocycles. The number of carbonyl (C=O) groups is 1. The highest BCUT2D eigenvalue weighted by atomic mass is 16.5. The first kappa shape index (κ1) is 21.7. The maximum atomic E-state index is 13.1. The SMILES string of the molecule is CCOc1ccc(CN(CCOC)C(=O)C2CCN(CCOC)CC2)cc1. The molecular weight excluding hydrogens is 344 g/mol. The van der Waals surface area contributed by atoms with Gasteiger partial charge >= 0.3 is 0 Å². The molecule has 0 unspecified atom stereocenters. The third-order valence-corrected chi connectivity index (χ3v) is 5.03. The largest absolute Gasteiger partial charge is 0.494 e. The van der Waals surface area contributed by atoms with Crippen molar-refractivity contribution in [2.75, 3.05) is 60.2 Å². The first-order valence-corrected chi connectivity index (χ1v) is 9.88. The van der Waals surface area contributed by atoms with Gasteiger partial charge in [-0.3, -0.25) is 4.79 Å². The Balaban J connectivity index is 1.93. The van der Waals surface area contributed by atoms with Crippen molar-refractivity contribution in [2.24, 2.45) is 5.92 Å². The molecule has 0 N–H and O–H groups in total. The number of hydrogen-bond donors (Lipinski definition) is 0. The van der Waals surface area contributed by atoms with Gasteiger partial charge in [0.05, 0.1) is 19.8 Å². The Bertz CT molecular complexity index is 542. The average Bonchev–Trinajstić information content (AvgIpc) is 2.71. The topological polar surface area (TPSA) is 51.2 Å². The monoisotopic (exact) mass is 378 g/mol. The van der Waals surface area contributed by atoms with Crippen LogP contribution in [0.5, 0.6) is 5.75 Å². The molecule has 1 heterocycles. The highest BCUT2D eigenvalue weighted by Gasteiger charge is 2.28. The fourth-order valence-corrected chi connectivity index (χ4v) is 3.43. The summed E-state index contributed by atoms with van der Waals surface area (Å²) >= 11 is 0. The molecule has 0 radical (unpaired) electrons. The predicted octanol–water partition coefficient (Wildman–Crippen LogP) is 2.42. The number of amides is 1. The lowest BCUT2D eigenvalue weighted by molar-refractivity contribution is -0.138. The van der Waals surface area contributed by atoms with Gasteiger partial charge in [0.15, 0.2) is 0 Å². The molecule has 152 valence electrons. The number of hydrogen-bond acceptors (Lipinski definition) is 5. The Morgan fingerprint density at radius 1 is 1.11 bits per heavy atom. The summed E-state index contributed by atoms with van der Waals surface area (Å²) in [7, 11) is 3.40. The molecule has 0 spiro atoms. The number of carbonyl (C=O) groups excluding carboxylic acids is 1. The predicted molar refractivity (Wildman–Crippen MR) is 106 cm³/mol. The molecule has 1 aliphatic rings. The van der Waals surface area contributed by atoms with Gasteiger partial charge in [0, 0.05) is 39.8 Å². The Morgan fingerprint density at radius 2 is 1.78 bits per heavy atom. The van der Waals surface area contributed by atoms with Crippen LogP contribution in [0, 0.1) is 5.92 Å². The van der Waals surface area contributed by atoms with E-state index < -0.39 is 0 Å². The molecule has 0 bridgehead atoms. The molecule has 1 aromatic carbocycles. The minimum atomic E-state index is 0.100. The number of nitrogens with zero attached hydrogens (tertiary/aromatic N) is 2. The van der Waals surface area contributed by atoms with Crippen molar-refractivity contribution in [2.45, 2.75) is 26.3 Å². The van der Waals surface area contributed by atoms with E-state index >= 15 is 0 Å². The minimum absolute atomic E-state index is 0.100. The molecule has 1 saturated heterocycles. The molecule has 0 aromatic heterocycles. The van der Waals surface area contributed by atoms with E-state index in [2.05, 4.69) is 4.90 Å². The van der Waals surface area contributed by atoms with E-state index in [0.29, 0.717) is 26.3 Å². The molecule has 0 aliphatic carbocycles. The second-order valence-electron chi connectivity index (χ2n) is 6.94. The number of piperidine rings is 1. The maximum absolute atomic E-state index is 13.1. The molecule has 1 amide bonds. The number of likely N-dealkylation sites (tertiary alicyclic amines) is 1. The maximum Gasteiger partial charge on any atom is 0.226 e. The molecule has 1 aromatic rings. The van der Waals surface area contributed by atoms with Gasteiger partial charge < -0.3 is 24.0 Å². The Kier molecular flexibility index (Phi) is 9.59. The summed E-state index contributed by atoms with van der Waals surface area (Å²) in [5, 5.41) is 0. The zero-order valence-corrected chi connectivity index (χ0v) is 17.0. The number of rotatable bonds is 11. The quantitative estimate of drug-likeness (QED) is 0.592. The second kappa shape index (κ2) is 12.0. The average molecular weight is 379 g/mol.